The summed E-state index contributed by atoms with van der Waals surface area (Å²) in [4.78, 5) is 4.70. The molecule has 0 bridgehead atoms. The maximum Gasteiger partial charge on any atom is 0.511 e. The lowest BCUT2D eigenvalue weighted by molar-refractivity contribution is -0.0494. The monoisotopic (exact) mass is 651 g/mol. The molecule has 3 aromatic carbocycles. The first-order chi connectivity index (χ1) is 20.3. The van der Waals surface area contributed by atoms with Crippen LogP contribution in [0.2, 0.25) is 10.0 Å². The Bertz CT molecular complexity index is 1650. The van der Waals surface area contributed by atoms with Crippen molar-refractivity contribution in [2.24, 2.45) is 0 Å². The Hall–Kier alpha value is -3.05. The van der Waals surface area contributed by atoms with Crippen LogP contribution in [0.4, 0.5) is 18.9 Å². The fraction of sp³-hybridized carbons (Fsp3) is 0.323. The van der Waals surface area contributed by atoms with Crippen LogP contribution in [0.3, 0.4) is 0 Å². The summed E-state index contributed by atoms with van der Waals surface area (Å²) in [5, 5.41) is 5.50. The van der Waals surface area contributed by atoms with Crippen molar-refractivity contribution in [2.45, 2.75) is 50.3 Å². The number of sulfonamides is 1. The molecular formula is C31H30Cl2F3N3O3S. The Morgan fingerprint density at radius 1 is 0.884 bits per heavy atom. The summed E-state index contributed by atoms with van der Waals surface area (Å²) in [5.41, 5.74) is -0.930. The van der Waals surface area contributed by atoms with Crippen molar-refractivity contribution in [2.75, 3.05) is 18.4 Å². The molecule has 1 aliphatic rings. The van der Waals surface area contributed by atoms with Gasteiger partial charge in [-0.1, -0.05) is 53.5 Å². The summed E-state index contributed by atoms with van der Waals surface area (Å²) in [7, 11) is -5.36. The molecule has 5 rings (SSSR count). The van der Waals surface area contributed by atoms with E-state index in [-0.39, 0.29) is 44.0 Å². The van der Waals surface area contributed by atoms with E-state index in [1.165, 1.54) is 0 Å². The Labute approximate surface area is 258 Å². The van der Waals surface area contributed by atoms with E-state index in [9.17, 15) is 21.6 Å². The van der Waals surface area contributed by atoms with Gasteiger partial charge in [0.1, 0.15) is 0 Å². The second-order valence-electron chi connectivity index (χ2n) is 10.8. The van der Waals surface area contributed by atoms with E-state index < -0.39 is 15.5 Å². The first-order valence-electron chi connectivity index (χ1n) is 13.8. The first-order valence-corrected chi connectivity index (χ1v) is 16.0. The van der Waals surface area contributed by atoms with Crippen LogP contribution in [0, 0.1) is 0 Å². The number of nitrogens with one attached hydrogen (secondary N) is 1. The molecule has 1 aromatic heterocycles. The zero-order chi connectivity index (χ0) is 30.9. The second kappa shape index (κ2) is 12.5. The zero-order valence-corrected chi connectivity index (χ0v) is 25.7. The number of hydrogen-bond acceptors (Lipinski definition) is 5. The normalized spacial score (nSPS) is 15.4. The minimum Gasteiger partial charge on any atom is -0.475 e. The van der Waals surface area contributed by atoms with Gasteiger partial charge in [-0.3, -0.25) is 0 Å². The number of aromatic nitrogens is 1. The Morgan fingerprint density at radius 2 is 1.42 bits per heavy atom. The lowest BCUT2D eigenvalue weighted by atomic mass is 9.84. The topological polar surface area (TPSA) is 71.5 Å². The van der Waals surface area contributed by atoms with Gasteiger partial charge in [0, 0.05) is 52.2 Å². The van der Waals surface area contributed by atoms with Crippen LogP contribution < -0.4 is 10.1 Å². The van der Waals surface area contributed by atoms with Crippen LogP contribution in [0.5, 0.6) is 5.88 Å². The smallest absolute Gasteiger partial charge is 0.475 e. The van der Waals surface area contributed by atoms with E-state index in [0.29, 0.717) is 31.4 Å². The first kappa shape index (κ1) is 31.4. The van der Waals surface area contributed by atoms with Crippen LogP contribution in [-0.2, 0) is 10.0 Å². The van der Waals surface area contributed by atoms with Gasteiger partial charge in [-0.05, 0) is 79.8 Å². The molecule has 0 spiro atoms. The second-order valence-corrected chi connectivity index (χ2v) is 13.6. The highest BCUT2D eigenvalue weighted by atomic mass is 35.5. The van der Waals surface area contributed by atoms with Crippen molar-refractivity contribution in [1.82, 2.24) is 9.29 Å². The Morgan fingerprint density at radius 3 is 1.93 bits per heavy atom. The van der Waals surface area contributed by atoms with Crippen LogP contribution in [-0.4, -0.2) is 48.5 Å². The number of hydrogen-bond donors (Lipinski definition) is 1. The molecule has 1 saturated heterocycles. The highest BCUT2D eigenvalue weighted by molar-refractivity contribution is 7.90. The summed E-state index contributed by atoms with van der Waals surface area (Å²) in [6.07, 6.45) is 0.279. The molecular weight excluding hydrogens is 622 g/mol. The number of alkyl halides is 3. The molecule has 0 radical (unpaired) electrons. The van der Waals surface area contributed by atoms with E-state index in [1.807, 2.05) is 80.6 Å². The molecule has 1 aliphatic heterocycles. The fourth-order valence-corrected chi connectivity index (χ4v) is 6.55. The van der Waals surface area contributed by atoms with Crippen molar-refractivity contribution in [3.63, 3.8) is 0 Å². The van der Waals surface area contributed by atoms with E-state index in [2.05, 4.69) is 5.32 Å². The lowest BCUT2D eigenvalue weighted by Crippen LogP contribution is -2.47. The predicted octanol–water partition coefficient (Wildman–Crippen LogP) is 8.23. The number of fused-ring (bicyclic) bond motifs is 1. The molecule has 6 nitrogen and oxygen atoms in total. The van der Waals surface area contributed by atoms with E-state index in [0.717, 1.165) is 22.1 Å². The summed E-state index contributed by atoms with van der Waals surface area (Å²) in [6, 6.07) is 22.8. The molecule has 0 saturated carbocycles. The van der Waals surface area contributed by atoms with Gasteiger partial charge >= 0.3 is 15.5 Å². The Kier molecular flexibility index (Phi) is 9.13. The minimum atomic E-state index is -5.36. The average molecular weight is 653 g/mol. The van der Waals surface area contributed by atoms with Gasteiger partial charge in [-0.15, -0.1) is 0 Å². The maximum atomic E-state index is 13.1. The number of pyridine rings is 1. The molecule has 0 amide bonds. The number of nitrogens with zero attached hydrogens (tertiary/aromatic N) is 2. The summed E-state index contributed by atoms with van der Waals surface area (Å²) >= 11 is 12.4. The number of rotatable bonds is 8. The molecule has 0 atom stereocenters. The lowest BCUT2D eigenvalue weighted by Gasteiger charge is -2.32. The van der Waals surface area contributed by atoms with Crippen molar-refractivity contribution in [3.05, 3.63) is 99.5 Å². The molecule has 228 valence electrons. The van der Waals surface area contributed by atoms with Gasteiger partial charge in [0.2, 0.25) is 5.88 Å². The maximum absolute atomic E-state index is 13.1. The van der Waals surface area contributed by atoms with Crippen molar-refractivity contribution >= 4 is 49.8 Å². The number of ether oxygens (including phenoxy) is 1. The van der Waals surface area contributed by atoms with Crippen molar-refractivity contribution in [1.29, 1.82) is 0 Å². The molecule has 12 heteroatoms. The SMILES string of the molecule is CC(C)Oc1cc(NC2CCN(S(=O)(=O)C(F)(F)F)CC2)c2cc(C(c3ccc(Cl)cc3)c3ccc(Cl)cc3)ccc2n1. The van der Waals surface area contributed by atoms with Gasteiger partial charge < -0.3 is 10.1 Å². The highest BCUT2D eigenvalue weighted by Gasteiger charge is 2.50. The Balaban J connectivity index is 1.53. The van der Waals surface area contributed by atoms with Crippen LogP contribution in [0.15, 0.2) is 72.8 Å². The van der Waals surface area contributed by atoms with Gasteiger partial charge in [-0.25, -0.2) is 13.4 Å². The standard InChI is InChI=1S/C31H30Cl2F3N3O3S/c1-19(2)42-29-18-28(37-25-13-15-39(16-14-25)43(40,41)31(34,35)36)26-17-22(7-12-27(26)38-29)30(20-3-8-23(32)9-4-20)21-5-10-24(33)11-6-21/h3-12,17-19,25,30H,13-16H2,1-2H3,(H,37,38). The minimum absolute atomic E-state index is 0.132. The number of benzene rings is 3. The fourth-order valence-electron chi connectivity index (χ4n) is 5.31. The third-order valence-electron chi connectivity index (χ3n) is 7.35. The van der Waals surface area contributed by atoms with Crippen molar-refractivity contribution in [3.8, 4) is 5.88 Å². The van der Waals surface area contributed by atoms with Gasteiger partial charge in [0.05, 0.1) is 11.6 Å². The van der Waals surface area contributed by atoms with Crippen molar-refractivity contribution < 1.29 is 26.3 Å². The molecule has 43 heavy (non-hydrogen) atoms. The molecule has 4 aromatic rings. The van der Waals surface area contributed by atoms with Crippen LogP contribution in [0.25, 0.3) is 10.9 Å². The molecule has 0 unspecified atom stereocenters. The van der Waals surface area contributed by atoms with Gasteiger partial charge in [-0.2, -0.15) is 17.5 Å². The third kappa shape index (κ3) is 7.03. The largest absolute Gasteiger partial charge is 0.511 e. The average Bonchev–Trinajstić information content (AvgIpc) is 2.95. The highest BCUT2D eigenvalue weighted by Crippen LogP contribution is 2.38. The van der Waals surface area contributed by atoms with E-state index in [1.54, 1.807) is 6.07 Å². The summed E-state index contributed by atoms with van der Waals surface area (Å²) < 4.78 is 69.5. The molecule has 0 aliphatic carbocycles. The molecule has 1 N–H and O–H groups in total. The number of piperidine rings is 1. The molecule has 2 heterocycles. The number of anilines is 1. The van der Waals surface area contributed by atoms with Crippen LogP contribution in [0.1, 0.15) is 49.3 Å². The zero-order valence-electron chi connectivity index (χ0n) is 23.4. The third-order valence-corrected chi connectivity index (χ3v) is 9.49. The van der Waals surface area contributed by atoms with Gasteiger partial charge in [0.15, 0.2) is 0 Å². The quantitative estimate of drug-likeness (QED) is 0.194. The van der Waals surface area contributed by atoms with Gasteiger partial charge in [0.25, 0.3) is 0 Å². The predicted molar refractivity (Wildman–Crippen MR) is 165 cm³/mol. The summed E-state index contributed by atoms with van der Waals surface area (Å²) in [6.45, 7) is 3.31. The summed E-state index contributed by atoms with van der Waals surface area (Å²) in [5.74, 6) is 0.246. The molecule has 1 fully saturated rings. The van der Waals surface area contributed by atoms with Crippen LogP contribution >= 0.6 is 23.2 Å². The van der Waals surface area contributed by atoms with E-state index in [4.69, 9.17) is 32.9 Å². The number of halogens is 5. The van der Waals surface area contributed by atoms with E-state index >= 15 is 0 Å².